The van der Waals surface area contributed by atoms with E-state index in [1.807, 2.05) is 12.2 Å². The molecule has 1 unspecified atom stereocenters. The fourth-order valence-corrected chi connectivity index (χ4v) is 1.54. The summed E-state index contributed by atoms with van der Waals surface area (Å²) in [5.74, 6) is 0.303. The molecule has 0 saturated carbocycles. The van der Waals surface area contributed by atoms with Crippen molar-refractivity contribution in [2.24, 2.45) is 5.41 Å². The second kappa shape index (κ2) is 4.88. The van der Waals surface area contributed by atoms with Crippen molar-refractivity contribution in [3.8, 4) is 0 Å². The van der Waals surface area contributed by atoms with Crippen LogP contribution in [0.15, 0.2) is 36.1 Å². The van der Waals surface area contributed by atoms with Crippen LogP contribution in [-0.4, -0.2) is 17.2 Å². The molecule has 1 atom stereocenters. The predicted molar refractivity (Wildman–Crippen MR) is 69.5 cm³/mol. The molecule has 0 aromatic heterocycles. The largest absolute Gasteiger partial charge is 0.508 e. The minimum atomic E-state index is -0.160. The molecule has 0 amide bonds. The molecule has 16 heavy (non-hydrogen) atoms. The van der Waals surface area contributed by atoms with Crippen LogP contribution < -0.4 is 5.32 Å². The lowest BCUT2D eigenvalue weighted by molar-refractivity contribution is 0.351. The van der Waals surface area contributed by atoms with Gasteiger partial charge in [0.25, 0.3) is 0 Å². The minimum Gasteiger partial charge on any atom is -0.508 e. The molecule has 1 aliphatic rings. The van der Waals surface area contributed by atoms with E-state index in [0.29, 0.717) is 11.2 Å². The second-order valence-electron chi connectivity index (χ2n) is 5.80. The lowest BCUT2D eigenvalue weighted by atomic mass is 9.91. The third-order valence-corrected chi connectivity index (χ3v) is 2.69. The van der Waals surface area contributed by atoms with Crippen molar-refractivity contribution in [3.05, 3.63) is 36.1 Å². The van der Waals surface area contributed by atoms with Gasteiger partial charge in [0.05, 0.1) is 5.54 Å². The van der Waals surface area contributed by atoms with Crippen LogP contribution in [0.25, 0.3) is 0 Å². The smallest absolute Gasteiger partial charge is 0.115 e. The first kappa shape index (κ1) is 13.0. The summed E-state index contributed by atoms with van der Waals surface area (Å²) in [5, 5.41) is 12.9. The number of rotatable bonds is 3. The third-order valence-electron chi connectivity index (χ3n) is 2.69. The maximum Gasteiger partial charge on any atom is 0.115 e. The van der Waals surface area contributed by atoms with E-state index in [1.165, 1.54) is 0 Å². The van der Waals surface area contributed by atoms with E-state index < -0.39 is 0 Å². The lowest BCUT2D eigenvalue weighted by Crippen LogP contribution is -2.40. The fraction of sp³-hybridized carbons (Fsp3) is 0.571. The number of hydrogen-bond acceptors (Lipinski definition) is 2. The lowest BCUT2D eigenvalue weighted by Gasteiger charge is -2.26. The zero-order valence-corrected chi connectivity index (χ0v) is 10.7. The highest BCUT2D eigenvalue weighted by atomic mass is 16.3. The zero-order valence-electron chi connectivity index (χ0n) is 10.7. The van der Waals surface area contributed by atoms with Crippen LogP contribution in [0.3, 0.4) is 0 Å². The van der Waals surface area contributed by atoms with Crippen LogP contribution in [0.2, 0.25) is 0 Å². The minimum absolute atomic E-state index is 0.160. The van der Waals surface area contributed by atoms with Crippen molar-refractivity contribution in [1.82, 2.24) is 5.32 Å². The quantitative estimate of drug-likeness (QED) is 0.766. The van der Waals surface area contributed by atoms with Crippen LogP contribution in [0, 0.1) is 5.41 Å². The van der Waals surface area contributed by atoms with Gasteiger partial charge in [0.1, 0.15) is 5.76 Å². The summed E-state index contributed by atoms with van der Waals surface area (Å²) >= 11 is 0. The monoisotopic (exact) mass is 221 g/mol. The van der Waals surface area contributed by atoms with Gasteiger partial charge in [-0.2, -0.15) is 0 Å². The summed E-state index contributed by atoms with van der Waals surface area (Å²) in [5.41, 5.74) is 0.189. The summed E-state index contributed by atoms with van der Waals surface area (Å²) in [7, 11) is 0. The van der Waals surface area contributed by atoms with Crippen molar-refractivity contribution in [2.45, 2.75) is 39.7 Å². The summed E-state index contributed by atoms with van der Waals surface area (Å²) in [6.07, 6.45) is 10.5. The molecule has 2 N–H and O–H groups in total. The van der Waals surface area contributed by atoms with Crippen molar-refractivity contribution in [1.29, 1.82) is 0 Å². The molecule has 0 bridgehead atoms. The fourth-order valence-electron chi connectivity index (χ4n) is 1.54. The molecule has 90 valence electrons. The van der Waals surface area contributed by atoms with Gasteiger partial charge in [-0.15, -0.1) is 0 Å². The van der Waals surface area contributed by atoms with Gasteiger partial charge in [-0.25, -0.2) is 0 Å². The number of allylic oxidation sites excluding steroid dienone is 3. The molecule has 0 radical (unpaired) electrons. The summed E-state index contributed by atoms with van der Waals surface area (Å²) < 4.78 is 0. The Morgan fingerprint density at radius 3 is 2.62 bits per heavy atom. The Labute approximate surface area is 98.8 Å². The molecule has 0 aliphatic heterocycles. The van der Waals surface area contributed by atoms with Gasteiger partial charge in [0.15, 0.2) is 0 Å². The molecule has 2 heteroatoms. The molecule has 1 aliphatic carbocycles. The van der Waals surface area contributed by atoms with E-state index in [-0.39, 0.29) is 5.54 Å². The average molecular weight is 221 g/mol. The molecule has 0 aromatic carbocycles. The highest BCUT2D eigenvalue weighted by Gasteiger charge is 2.18. The molecule has 0 saturated heterocycles. The van der Waals surface area contributed by atoms with Crippen LogP contribution in [0.4, 0.5) is 0 Å². The van der Waals surface area contributed by atoms with Gasteiger partial charge >= 0.3 is 0 Å². The average Bonchev–Trinajstić information content (AvgIpc) is 2.27. The second-order valence-corrected chi connectivity index (χ2v) is 5.80. The first-order valence-electron chi connectivity index (χ1n) is 5.84. The van der Waals surface area contributed by atoms with E-state index in [0.717, 1.165) is 13.0 Å². The molecule has 0 spiro atoms. The molecular formula is C14H23NO. The Hall–Kier alpha value is -1.02. The molecular weight excluding hydrogens is 198 g/mol. The Morgan fingerprint density at radius 1 is 1.31 bits per heavy atom. The molecule has 0 heterocycles. The van der Waals surface area contributed by atoms with Gasteiger partial charge in [-0.05, 0) is 37.5 Å². The van der Waals surface area contributed by atoms with Crippen LogP contribution in [-0.2, 0) is 0 Å². The zero-order chi connectivity index (χ0) is 12.2. The SMILES string of the molecule is CC(C)(C)CCNC1(C)C=CC=C(O)C=C1. The maximum atomic E-state index is 9.37. The predicted octanol–water partition coefficient (Wildman–Crippen LogP) is 3.34. The first-order valence-corrected chi connectivity index (χ1v) is 5.84. The van der Waals surface area contributed by atoms with Gasteiger partial charge in [0, 0.05) is 0 Å². The van der Waals surface area contributed by atoms with Crippen molar-refractivity contribution in [3.63, 3.8) is 0 Å². The van der Waals surface area contributed by atoms with Gasteiger partial charge < -0.3 is 10.4 Å². The number of aliphatic hydroxyl groups excluding tert-OH is 1. The van der Waals surface area contributed by atoms with Gasteiger partial charge in [-0.3, -0.25) is 0 Å². The Kier molecular flexibility index (Phi) is 3.98. The van der Waals surface area contributed by atoms with E-state index in [9.17, 15) is 5.11 Å². The summed E-state index contributed by atoms with van der Waals surface area (Å²) in [4.78, 5) is 0. The Bertz CT molecular complexity index is 320. The van der Waals surface area contributed by atoms with E-state index >= 15 is 0 Å². The van der Waals surface area contributed by atoms with Crippen LogP contribution in [0.5, 0.6) is 0 Å². The van der Waals surface area contributed by atoms with Gasteiger partial charge in [-0.1, -0.05) is 39.0 Å². The van der Waals surface area contributed by atoms with E-state index in [1.54, 1.807) is 12.2 Å². The summed E-state index contributed by atoms with van der Waals surface area (Å²) in [6, 6.07) is 0. The standard InChI is InChI=1S/C14H23NO/c1-13(2,3)10-11-15-14(4)8-5-6-12(16)7-9-14/h5-9,15-16H,10-11H2,1-4H3. The number of aliphatic hydroxyl groups is 1. The maximum absolute atomic E-state index is 9.37. The highest BCUT2D eigenvalue weighted by Crippen LogP contribution is 2.19. The Morgan fingerprint density at radius 2 is 2.00 bits per heavy atom. The van der Waals surface area contributed by atoms with E-state index in [4.69, 9.17) is 0 Å². The Balaban J connectivity index is 2.51. The van der Waals surface area contributed by atoms with Crippen LogP contribution in [0.1, 0.15) is 34.1 Å². The first-order chi connectivity index (χ1) is 7.31. The summed E-state index contributed by atoms with van der Waals surface area (Å²) in [6.45, 7) is 9.79. The van der Waals surface area contributed by atoms with Crippen LogP contribution >= 0.6 is 0 Å². The molecule has 0 aromatic rings. The van der Waals surface area contributed by atoms with Crippen molar-refractivity contribution in [2.75, 3.05) is 6.54 Å². The number of hydrogen-bond donors (Lipinski definition) is 2. The van der Waals surface area contributed by atoms with Crippen molar-refractivity contribution >= 4 is 0 Å². The normalized spacial score (nSPS) is 25.4. The van der Waals surface area contributed by atoms with E-state index in [2.05, 4.69) is 39.1 Å². The molecule has 1 rings (SSSR count). The molecule has 2 nitrogen and oxygen atoms in total. The molecule has 0 fully saturated rings. The highest BCUT2D eigenvalue weighted by molar-refractivity contribution is 5.30. The van der Waals surface area contributed by atoms with Gasteiger partial charge in [0.2, 0.25) is 0 Å². The number of nitrogens with one attached hydrogen (secondary N) is 1. The third kappa shape index (κ3) is 4.67. The van der Waals surface area contributed by atoms with Crippen molar-refractivity contribution < 1.29 is 5.11 Å². The topological polar surface area (TPSA) is 32.3 Å².